The van der Waals surface area contributed by atoms with Crippen molar-refractivity contribution in [3.63, 3.8) is 0 Å². The maximum absolute atomic E-state index is 12.6. The second-order valence-corrected chi connectivity index (χ2v) is 6.57. The molecule has 5 heteroatoms. The van der Waals surface area contributed by atoms with Crippen LogP contribution in [0.15, 0.2) is 0 Å². The molecule has 4 nitrogen and oxygen atoms in total. The molecule has 1 saturated heterocycles. The third-order valence-corrected chi connectivity index (χ3v) is 5.64. The van der Waals surface area contributed by atoms with Gasteiger partial charge in [0.15, 0.2) is 5.78 Å². The number of alkyl halides is 1. The van der Waals surface area contributed by atoms with Gasteiger partial charge in [0.05, 0.1) is 12.0 Å². The van der Waals surface area contributed by atoms with Crippen molar-refractivity contribution in [2.24, 2.45) is 17.6 Å². The second-order valence-electron chi connectivity index (χ2n) is 5.69. The van der Waals surface area contributed by atoms with E-state index >= 15 is 0 Å². The molecule has 0 aromatic rings. The highest BCUT2D eigenvalue weighted by molar-refractivity contribution is 14.1. The first-order chi connectivity index (χ1) is 9.54. The summed E-state index contributed by atoms with van der Waals surface area (Å²) in [6.45, 7) is 5.95. The molecule has 1 amide bonds. The van der Waals surface area contributed by atoms with Gasteiger partial charge in [-0.05, 0) is 25.2 Å². The number of amides is 1. The lowest BCUT2D eigenvalue weighted by molar-refractivity contribution is -0.135. The standard InChI is InChI=1S/C15H27IN2O2/c1-3-11(10-16)6-7-13(19)14(18-8-5-9-18)12(4-2)15(17)20/h11-12,14H,3-10H2,1-2H3,(H2,17,20). The Bertz CT molecular complexity index is 328. The van der Waals surface area contributed by atoms with E-state index in [-0.39, 0.29) is 23.7 Å². The van der Waals surface area contributed by atoms with Crippen LogP contribution < -0.4 is 5.73 Å². The fourth-order valence-corrected chi connectivity index (χ4v) is 3.83. The maximum atomic E-state index is 12.6. The Kier molecular flexibility index (Phi) is 8.02. The number of halogens is 1. The van der Waals surface area contributed by atoms with Gasteiger partial charge in [0.2, 0.25) is 5.91 Å². The van der Waals surface area contributed by atoms with Crippen LogP contribution in [-0.4, -0.2) is 40.1 Å². The zero-order chi connectivity index (χ0) is 15.1. The highest BCUT2D eigenvalue weighted by Crippen LogP contribution is 2.24. The lowest BCUT2D eigenvalue weighted by atomic mass is 9.86. The molecule has 1 aliphatic heterocycles. The summed E-state index contributed by atoms with van der Waals surface area (Å²) in [6, 6.07) is -0.280. The van der Waals surface area contributed by atoms with Crippen molar-refractivity contribution >= 4 is 34.3 Å². The third kappa shape index (κ3) is 4.69. The number of likely N-dealkylation sites (tertiary alicyclic amines) is 1. The normalized spacial score (nSPS) is 19.9. The van der Waals surface area contributed by atoms with Crippen LogP contribution in [0, 0.1) is 11.8 Å². The summed E-state index contributed by atoms with van der Waals surface area (Å²) < 4.78 is 1.09. The number of ketones is 1. The van der Waals surface area contributed by atoms with E-state index in [2.05, 4.69) is 34.4 Å². The third-order valence-electron chi connectivity index (χ3n) is 4.39. The topological polar surface area (TPSA) is 63.4 Å². The minimum absolute atomic E-state index is 0.207. The lowest BCUT2D eigenvalue weighted by Gasteiger charge is -2.40. The SMILES string of the molecule is CCC(CI)CCC(=O)C(C(CC)C(N)=O)N1CCC1. The van der Waals surface area contributed by atoms with E-state index in [0.29, 0.717) is 18.8 Å². The number of Topliss-reactive ketones (excluding diaryl/α,β-unsaturated/α-hetero) is 1. The number of hydrogen-bond donors (Lipinski definition) is 1. The molecule has 1 fully saturated rings. The van der Waals surface area contributed by atoms with Gasteiger partial charge in [-0.15, -0.1) is 0 Å². The number of hydrogen-bond acceptors (Lipinski definition) is 3. The number of carbonyl (C=O) groups excluding carboxylic acids is 2. The molecular formula is C15H27IN2O2. The Morgan fingerprint density at radius 2 is 1.90 bits per heavy atom. The molecular weight excluding hydrogens is 367 g/mol. The quantitative estimate of drug-likeness (QED) is 0.457. The molecule has 0 aliphatic carbocycles. The molecule has 3 atom stereocenters. The highest BCUT2D eigenvalue weighted by atomic mass is 127. The van der Waals surface area contributed by atoms with Gasteiger partial charge in [-0.1, -0.05) is 42.9 Å². The van der Waals surface area contributed by atoms with Crippen LogP contribution in [0.25, 0.3) is 0 Å². The van der Waals surface area contributed by atoms with Crippen molar-refractivity contribution in [2.75, 3.05) is 17.5 Å². The predicted molar refractivity (Wildman–Crippen MR) is 89.9 cm³/mol. The van der Waals surface area contributed by atoms with Crippen LogP contribution in [0.5, 0.6) is 0 Å². The highest BCUT2D eigenvalue weighted by Gasteiger charge is 2.37. The van der Waals surface area contributed by atoms with E-state index in [1.807, 2.05) is 6.92 Å². The number of nitrogens with two attached hydrogens (primary N) is 1. The molecule has 1 heterocycles. The second kappa shape index (κ2) is 8.97. The van der Waals surface area contributed by atoms with Crippen LogP contribution in [0.1, 0.15) is 46.0 Å². The fraction of sp³-hybridized carbons (Fsp3) is 0.867. The molecule has 0 saturated carbocycles. The van der Waals surface area contributed by atoms with Gasteiger partial charge in [0.25, 0.3) is 0 Å². The Morgan fingerprint density at radius 3 is 2.25 bits per heavy atom. The summed E-state index contributed by atoms with van der Waals surface area (Å²) in [6.07, 6.45) is 4.37. The largest absolute Gasteiger partial charge is 0.369 e. The van der Waals surface area contributed by atoms with Gasteiger partial charge in [0.1, 0.15) is 0 Å². The fourth-order valence-electron chi connectivity index (χ4n) is 2.77. The van der Waals surface area contributed by atoms with Gasteiger partial charge in [-0.25, -0.2) is 0 Å². The lowest BCUT2D eigenvalue weighted by Crippen LogP contribution is -2.55. The van der Waals surface area contributed by atoms with Gasteiger partial charge in [-0.2, -0.15) is 0 Å². The van der Waals surface area contributed by atoms with Crippen LogP contribution in [0.3, 0.4) is 0 Å². The summed E-state index contributed by atoms with van der Waals surface area (Å²) >= 11 is 2.38. The minimum Gasteiger partial charge on any atom is -0.369 e. The van der Waals surface area contributed by atoms with Crippen LogP contribution in [-0.2, 0) is 9.59 Å². The summed E-state index contributed by atoms with van der Waals surface area (Å²) in [5.41, 5.74) is 5.49. The van der Waals surface area contributed by atoms with E-state index in [0.717, 1.165) is 36.8 Å². The molecule has 116 valence electrons. The summed E-state index contributed by atoms with van der Waals surface area (Å²) in [7, 11) is 0. The molecule has 20 heavy (non-hydrogen) atoms. The molecule has 1 rings (SSSR count). The van der Waals surface area contributed by atoms with Gasteiger partial charge in [0, 0.05) is 23.9 Å². The predicted octanol–water partition coefficient (Wildman–Crippen LogP) is 2.38. The van der Waals surface area contributed by atoms with E-state index in [9.17, 15) is 9.59 Å². The zero-order valence-corrected chi connectivity index (χ0v) is 14.8. The van der Waals surface area contributed by atoms with Crippen molar-refractivity contribution in [1.29, 1.82) is 0 Å². The Labute approximate surface area is 136 Å². The smallest absolute Gasteiger partial charge is 0.222 e. The summed E-state index contributed by atoms with van der Waals surface area (Å²) in [4.78, 5) is 26.3. The molecule has 0 radical (unpaired) electrons. The average Bonchev–Trinajstić information content (AvgIpc) is 2.36. The average molecular weight is 394 g/mol. The van der Waals surface area contributed by atoms with Crippen molar-refractivity contribution in [1.82, 2.24) is 4.90 Å². The molecule has 0 bridgehead atoms. The Hall–Kier alpha value is -0.170. The Balaban J connectivity index is 2.67. The van der Waals surface area contributed by atoms with E-state index < -0.39 is 0 Å². The number of rotatable bonds is 10. The van der Waals surface area contributed by atoms with Gasteiger partial charge in [-0.3, -0.25) is 14.5 Å². The number of primary amides is 1. The number of nitrogens with zero attached hydrogens (tertiary/aromatic N) is 1. The van der Waals surface area contributed by atoms with Crippen LogP contribution in [0.2, 0.25) is 0 Å². The van der Waals surface area contributed by atoms with Crippen molar-refractivity contribution in [3.05, 3.63) is 0 Å². The van der Waals surface area contributed by atoms with Crippen molar-refractivity contribution < 1.29 is 9.59 Å². The Morgan fingerprint density at radius 1 is 1.25 bits per heavy atom. The van der Waals surface area contributed by atoms with Gasteiger partial charge < -0.3 is 5.73 Å². The molecule has 0 aromatic heterocycles. The maximum Gasteiger partial charge on any atom is 0.222 e. The van der Waals surface area contributed by atoms with Crippen LogP contribution in [0.4, 0.5) is 0 Å². The summed E-state index contributed by atoms with van der Waals surface area (Å²) in [5.74, 6) is 0.144. The zero-order valence-electron chi connectivity index (χ0n) is 12.6. The van der Waals surface area contributed by atoms with E-state index in [4.69, 9.17) is 5.73 Å². The molecule has 0 aromatic carbocycles. The number of carbonyl (C=O) groups is 2. The molecule has 3 unspecified atom stereocenters. The minimum atomic E-state index is -0.335. The van der Waals surface area contributed by atoms with Crippen molar-refractivity contribution in [2.45, 2.75) is 52.0 Å². The van der Waals surface area contributed by atoms with Gasteiger partial charge >= 0.3 is 0 Å². The monoisotopic (exact) mass is 394 g/mol. The van der Waals surface area contributed by atoms with E-state index in [1.54, 1.807) is 0 Å². The molecule has 0 spiro atoms. The first-order valence-electron chi connectivity index (χ1n) is 7.67. The van der Waals surface area contributed by atoms with Crippen molar-refractivity contribution in [3.8, 4) is 0 Å². The summed E-state index contributed by atoms with van der Waals surface area (Å²) in [5, 5.41) is 0. The first-order valence-corrected chi connectivity index (χ1v) is 9.19. The molecule has 2 N–H and O–H groups in total. The molecule has 1 aliphatic rings. The first kappa shape index (κ1) is 17.9. The van der Waals surface area contributed by atoms with Crippen LogP contribution >= 0.6 is 22.6 Å². The van der Waals surface area contributed by atoms with E-state index in [1.165, 1.54) is 0 Å².